The van der Waals surface area contributed by atoms with E-state index in [1.807, 2.05) is 37.3 Å². The highest BCUT2D eigenvalue weighted by Gasteiger charge is 2.24. The third kappa shape index (κ3) is 7.86. The molecule has 0 bridgehead atoms. The molecule has 0 aliphatic rings. The van der Waals surface area contributed by atoms with E-state index in [-0.39, 0.29) is 30.3 Å². The molecule has 3 rings (SSSR count). The average molecular weight is 498 g/mol. The highest BCUT2D eigenvalue weighted by Crippen LogP contribution is 2.20. The molecule has 3 aromatic carbocycles. The fraction of sp³-hybridized carbons (Fsp3) is 0.231. The van der Waals surface area contributed by atoms with Gasteiger partial charge in [-0.05, 0) is 49.2 Å². The van der Waals surface area contributed by atoms with E-state index < -0.39 is 28.2 Å². The molecule has 1 amide bonds. The van der Waals surface area contributed by atoms with Gasteiger partial charge >= 0.3 is 22.2 Å². The fourth-order valence-electron chi connectivity index (χ4n) is 3.14. The molecule has 0 heterocycles. The maximum Gasteiger partial charge on any atom is 0.408 e. The Hall–Kier alpha value is -3.85. The van der Waals surface area contributed by atoms with Gasteiger partial charge in [-0.3, -0.25) is 0 Å². The molecule has 0 radical (unpaired) electrons. The standard InChI is InChI=1S/C26H27NO7S/c1-3-32-25(28)24(27-26(29)33-18-21-7-5-4-6-8-21)17-20-11-13-22(14-12-20)34-35(30,31)23-15-9-19(2)10-16-23/h4-16,24H,3,17-18H2,1-2H3,(H,27,29). The summed E-state index contributed by atoms with van der Waals surface area (Å²) in [5.41, 5.74) is 2.40. The lowest BCUT2D eigenvalue weighted by Gasteiger charge is -2.17. The summed E-state index contributed by atoms with van der Waals surface area (Å²) >= 11 is 0. The summed E-state index contributed by atoms with van der Waals surface area (Å²) in [4.78, 5) is 24.7. The van der Waals surface area contributed by atoms with Gasteiger partial charge in [-0.15, -0.1) is 0 Å². The molecule has 0 saturated carbocycles. The molecular formula is C26H27NO7S. The van der Waals surface area contributed by atoms with E-state index in [1.54, 1.807) is 31.2 Å². The molecule has 184 valence electrons. The lowest BCUT2D eigenvalue weighted by atomic mass is 10.1. The molecule has 35 heavy (non-hydrogen) atoms. The van der Waals surface area contributed by atoms with Crippen molar-refractivity contribution >= 4 is 22.2 Å². The van der Waals surface area contributed by atoms with Crippen LogP contribution >= 0.6 is 0 Å². The predicted molar refractivity (Wildman–Crippen MR) is 129 cm³/mol. The smallest absolute Gasteiger partial charge is 0.408 e. The third-order valence-electron chi connectivity index (χ3n) is 4.95. The number of carbonyl (C=O) groups is 2. The molecule has 0 aromatic heterocycles. The van der Waals surface area contributed by atoms with Crippen LogP contribution in [-0.2, 0) is 37.4 Å². The van der Waals surface area contributed by atoms with Gasteiger partial charge in [-0.25, -0.2) is 9.59 Å². The van der Waals surface area contributed by atoms with E-state index in [9.17, 15) is 18.0 Å². The first-order valence-electron chi connectivity index (χ1n) is 11.0. The predicted octanol–water partition coefficient (Wildman–Crippen LogP) is 4.16. The van der Waals surface area contributed by atoms with Gasteiger partial charge in [0.05, 0.1) is 6.61 Å². The molecule has 0 saturated heterocycles. The number of alkyl carbamates (subject to hydrolysis) is 1. The maximum atomic E-state index is 12.5. The second-order valence-corrected chi connectivity index (χ2v) is 9.26. The van der Waals surface area contributed by atoms with Crippen molar-refractivity contribution in [1.82, 2.24) is 5.32 Å². The Balaban J connectivity index is 1.63. The van der Waals surface area contributed by atoms with Crippen LogP contribution in [0, 0.1) is 6.92 Å². The van der Waals surface area contributed by atoms with Crippen molar-refractivity contribution in [2.24, 2.45) is 0 Å². The van der Waals surface area contributed by atoms with Gasteiger partial charge in [-0.2, -0.15) is 8.42 Å². The van der Waals surface area contributed by atoms with Crippen LogP contribution in [0.3, 0.4) is 0 Å². The SMILES string of the molecule is CCOC(=O)C(Cc1ccc(OS(=O)(=O)c2ccc(C)cc2)cc1)NC(=O)OCc1ccccc1. The van der Waals surface area contributed by atoms with Crippen LogP contribution in [0.15, 0.2) is 83.8 Å². The van der Waals surface area contributed by atoms with E-state index in [0.717, 1.165) is 11.1 Å². The number of hydrogen-bond donors (Lipinski definition) is 1. The second-order valence-electron chi connectivity index (χ2n) is 7.71. The third-order valence-corrected chi connectivity index (χ3v) is 6.22. The van der Waals surface area contributed by atoms with E-state index in [0.29, 0.717) is 5.56 Å². The average Bonchev–Trinajstić information content (AvgIpc) is 2.84. The van der Waals surface area contributed by atoms with Crippen LogP contribution in [0.2, 0.25) is 0 Å². The number of esters is 1. The Morgan fingerprint density at radius 2 is 1.51 bits per heavy atom. The number of aryl methyl sites for hydroxylation is 1. The van der Waals surface area contributed by atoms with Crippen LogP contribution in [-0.4, -0.2) is 33.1 Å². The van der Waals surface area contributed by atoms with E-state index in [4.69, 9.17) is 13.7 Å². The molecule has 1 unspecified atom stereocenters. The Kier molecular flexibility index (Phi) is 8.86. The van der Waals surface area contributed by atoms with Crippen LogP contribution in [0.1, 0.15) is 23.6 Å². The van der Waals surface area contributed by atoms with Crippen molar-refractivity contribution in [3.05, 3.63) is 95.6 Å². The van der Waals surface area contributed by atoms with Crippen LogP contribution in [0.25, 0.3) is 0 Å². The number of carbonyl (C=O) groups excluding carboxylic acids is 2. The summed E-state index contributed by atoms with van der Waals surface area (Å²) in [5.74, 6) is -0.483. The van der Waals surface area contributed by atoms with Crippen molar-refractivity contribution < 1.29 is 31.7 Å². The van der Waals surface area contributed by atoms with Crippen molar-refractivity contribution in [1.29, 1.82) is 0 Å². The summed E-state index contributed by atoms with van der Waals surface area (Å²) in [5, 5.41) is 2.54. The Morgan fingerprint density at radius 3 is 2.14 bits per heavy atom. The highest BCUT2D eigenvalue weighted by molar-refractivity contribution is 7.87. The van der Waals surface area contributed by atoms with Crippen molar-refractivity contribution in [2.45, 2.75) is 37.8 Å². The molecule has 8 nitrogen and oxygen atoms in total. The minimum absolute atomic E-state index is 0.0489. The zero-order chi connectivity index (χ0) is 25.3. The first-order chi connectivity index (χ1) is 16.8. The zero-order valence-electron chi connectivity index (χ0n) is 19.5. The van der Waals surface area contributed by atoms with Gasteiger partial charge in [0.15, 0.2) is 0 Å². The van der Waals surface area contributed by atoms with Gasteiger partial charge < -0.3 is 19.0 Å². The first kappa shape index (κ1) is 25.8. The van der Waals surface area contributed by atoms with E-state index in [2.05, 4.69) is 5.32 Å². The minimum Gasteiger partial charge on any atom is -0.464 e. The quantitative estimate of drug-likeness (QED) is 0.331. The van der Waals surface area contributed by atoms with Gasteiger partial charge in [0, 0.05) is 6.42 Å². The Labute approximate surface area is 205 Å². The van der Waals surface area contributed by atoms with Gasteiger partial charge in [0.1, 0.15) is 23.3 Å². The Bertz CT molecular complexity index is 1220. The zero-order valence-corrected chi connectivity index (χ0v) is 20.3. The normalized spacial score (nSPS) is 11.8. The molecule has 9 heteroatoms. The van der Waals surface area contributed by atoms with E-state index in [1.165, 1.54) is 24.3 Å². The molecule has 0 aliphatic heterocycles. The summed E-state index contributed by atoms with van der Waals surface area (Å²) in [6.07, 6.45) is -0.638. The van der Waals surface area contributed by atoms with Gasteiger partial charge in [-0.1, -0.05) is 60.2 Å². The van der Waals surface area contributed by atoms with Gasteiger partial charge in [0.25, 0.3) is 0 Å². The molecule has 0 spiro atoms. The minimum atomic E-state index is -3.98. The summed E-state index contributed by atoms with van der Waals surface area (Å²) in [7, 11) is -3.98. The largest absolute Gasteiger partial charge is 0.464 e. The molecule has 1 N–H and O–H groups in total. The number of benzene rings is 3. The summed E-state index contributed by atoms with van der Waals surface area (Å²) in [6, 6.07) is 20.7. The Morgan fingerprint density at radius 1 is 0.857 bits per heavy atom. The van der Waals surface area contributed by atoms with Crippen LogP contribution in [0.5, 0.6) is 5.75 Å². The number of amides is 1. The van der Waals surface area contributed by atoms with Crippen molar-refractivity contribution in [3.63, 3.8) is 0 Å². The second kappa shape index (κ2) is 12.0. The lowest BCUT2D eigenvalue weighted by molar-refractivity contribution is -0.145. The number of ether oxygens (including phenoxy) is 2. The highest BCUT2D eigenvalue weighted by atomic mass is 32.2. The van der Waals surface area contributed by atoms with E-state index >= 15 is 0 Å². The summed E-state index contributed by atoms with van der Waals surface area (Å²) in [6.45, 7) is 3.74. The monoisotopic (exact) mass is 497 g/mol. The number of hydrogen-bond acceptors (Lipinski definition) is 7. The molecule has 0 aliphatic carbocycles. The number of nitrogens with one attached hydrogen (secondary N) is 1. The van der Waals surface area contributed by atoms with Gasteiger partial charge in [0.2, 0.25) is 0 Å². The molecule has 0 fully saturated rings. The van der Waals surface area contributed by atoms with Crippen LogP contribution in [0.4, 0.5) is 4.79 Å². The fourth-order valence-corrected chi connectivity index (χ4v) is 4.07. The topological polar surface area (TPSA) is 108 Å². The van der Waals surface area contributed by atoms with Crippen molar-refractivity contribution in [2.75, 3.05) is 6.61 Å². The maximum absolute atomic E-state index is 12.5. The van der Waals surface area contributed by atoms with Crippen LogP contribution < -0.4 is 9.50 Å². The molecular weight excluding hydrogens is 470 g/mol. The number of rotatable bonds is 10. The summed E-state index contributed by atoms with van der Waals surface area (Å²) < 4.78 is 40.4. The molecule has 3 aromatic rings. The van der Waals surface area contributed by atoms with Crippen molar-refractivity contribution in [3.8, 4) is 5.75 Å². The molecule has 1 atom stereocenters. The lowest BCUT2D eigenvalue weighted by Crippen LogP contribution is -2.43. The first-order valence-corrected chi connectivity index (χ1v) is 12.4.